The summed E-state index contributed by atoms with van der Waals surface area (Å²) in [6.07, 6.45) is 0. The zero-order chi connectivity index (χ0) is 29.7. The van der Waals surface area contributed by atoms with E-state index in [1.54, 1.807) is 0 Å². The van der Waals surface area contributed by atoms with Gasteiger partial charge in [-0.3, -0.25) is 0 Å². The van der Waals surface area contributed by atoms with Gasteiger partial charge in [-0.1, -0.05) is 95.1 Å². The molecule has 0 amide bonds. The van der Waals surface area contributed by atoms with Gasteiger partial charge in [0.05, 0.1) is 0 Å². The van der Waals surface area contributed by atoms with Gasteiger partial charge in [-0.05, 0) is 75.3 Å². The first kappa shape index (κ1) is 30.5. The molecule has 0 saturated carbocycles. The molecule has 0 atom stereocenters. The molecule has 0 spiro atoms. The molecular formula is C39H38AuN3+2. The van der Waals surface area contributed by atoms with E-state index in [2.05, 4.69) is 155 Å². The number of aryl methyl sites for hydroxylation is 8. The van der Waals surface area contributed by atoms with Gasteiger partial charge in [-0.25, -0.2) is 0 Å². The second-order valence-corrected chi connectivity index (χ2v) is 11.8. The first-order valence-electron chi connectivity index (χ1n) is 14.7. The van der Waals surface area contributed by atoms with Crippen molar-refractivity contribution in [1.29, 1.82) is 0 Å². The van der Waals surface area contributed by atoms with E-state index in [0.29, 0.717) is 0 Å². The largest absolute Gasteiger partial charge is 1.00 e. The van der Waals surface area contributed by atoms with Crippen LogP contribution in [0.2, 0.25) is 0 Å². The number of hydrogen-bond acceptors (Lipinski definition) is 0. The third kappa shape index (κ3) is 5.46. The maximum Gasteiger partial charge on any atom is 1.00 e. The normalized spacial score (nSPS) is 11.9. The Morgan fingerprint density at radius 3 is 1.21 bits per heavy atom. The van der Waals surface area contributed by atoms with Gasteiger partial charge in [-0.15, -0.1) is 11.0 Å². The van der Waals surface area contributed by atoms with Gasteiger partial charge < -0.3 is 4.98 Å². The van der Waals surface area contributed by atoms with E-state index < -0.39 is 0 Å². The Kier molecular flexibility index (Phi) is 8.47. The third-order valence-electron chi connectivity index (χ3n) is 8.29. The minimum Gasteiger partial charge on any atom is -0.656 e. The minimum atomic E-state index is 0. The minimum absolute atomic E-state index is 0. The van der Waals surface area contributed by atoms with Gasteiger partial charge >= 0.3 is 28.4 Å². The molecule has 1 aromatic heterocycles. The Morgan fingerprint density at radius 2 is 0.837 bits per heavy atom. The summed E-state index contributed by atoms with van der Waals surface area (Å²) in [5.74, 6) is 0. The van der Waals surface area contributed by atoms with Crippen LogP contribution in [0.1, 0.15) is 44.5 Å². The molecule has 1 aliphatic rings. The average molecular weight is 746 g/mol. The maximum absolute atomic E-state index is 4.80. The predicted molar refractivity (Wildman–Crippen MR) is 180 cm³/mol. The van der Waals surface area contributed by atoms with Gasteiger partial charge in [0.15, 0.2) is 0 Å². The number of rotatable bonds is 2. The zero-order valence-electron chi connectivity index (χ0n) is 26.2. The first-order chi connectivity index (χ1) is 20.1. The molecule has 43 heavy (non-hydrogen) atoms. The van der Waals surface area contributed by atoms with Crippen molar-refractivity contribution < 1.29 is 22.4 Å². The fraction of sp³-hybridized carbons (Fsp3) is 0.205. The average Bonchev–Trinajstić information content (AvgIpc) is 3.49. The molecule has 218 valence electrons. The molecule has 2 heterocycles. The topological polar surface area (TPSA) is 20.1 Å². The number of aromatic nitrogens is 1. The van der Waals surface area contributed by atoms with E-state index in [0.717, 1.165) is 11.0 Å². The van der Waals surface area contributed by atoms with Crippen molar-refractivity contribution in [3.05, 3.63) is 129 Å². The molecule has 0 unspecified atom stereocenters. The Balaban J connectivity index is 0.000000179. The molecule has 0 radical (unpaired) electrons. The monoisotopic (exact) mass is 745 g/mol. The molecule has 4 heteroatoms. The molecule has 0 N–H and O–H groups in total. The van der Waals surface area contributed by atoms with Crippen LogP contribution in [0, 0.1) is 55.4 Å². The van der Waals surface area contributed by atoms with Crippen LogP contribution in [0.15, 0.2) is 84.9 Å². The second kappa shape index (κ2) is 12.0. The van der Waals surface area contributed by atoms with Crippen molar-refractivity contribution in [2.45, 2.75) is 55.4 Å². The summed E-state index contributed by atoms with van der Waals surface area (Å²) in [5.41, 5.74) is 17.2. The van der Waals surface area contributed by atoms with E-state index in [-0.39, 0.29) is 22.4 Å². The molecular weight excluding hydrogens is 707 g/mol. The van der Waals surface area contributed by atoms with E-state index in [1.807, 2.05) is 0 Å². The second-order valence-electron chi connectivity index (χ2n) is 11.8. The summed E-state index contributed by atoms with van der Waals surface area (Å²) in [6, 6.07) is 33.9. The number of benzene rings is 5. The number of para-hydroxylation sites is 4. The van der Waals surface area contributed by atoms with Gasteiger partial charge in [0.1, 0.15) is 0 Å². The molecule has 0 saturated heterocycles. The smallest absolute Gasteiger partial charge is 0.656 e. The standard InChI is InChI=1S/C23H22N2.C16H16N.Au/c1-16-9-7-10-17(2)22(16)24-15-25(21-14-6-5-13-20(21)24)23-18(3)11-8-12-19(23)4;1-9-5-11(3)15-13(7-9)14-8-10(2)6-12(4)16(14)17-15;/h5-14H,1-4H3;5-8H,1-4H3;/q+2;-1;+1. The molecule has 0 bridgehead atoms. The molecule has 0 aliphatic carbocycles. The Morgan fingerprint density at radius 1 is 0.465 bits per heavy atom. The summed E-state index contributed by atoms with van der Waals surface area (Å²) in [5, 5.41) is 2.59. The fourth-order valence-corrected chi connectivity index (χ4v) is 6.45. The molecule has 3 nitrogen and oxygen atoms in total. The van der Waals surface area contributed by atoms with Crippen molar-refractivity contribution in [3.8, 4) is 0 Å². The quantitative estimate of drug-likeness (QED) is 0.128. The molecule has 0 fully saturated rings. The van der Waals surface area contributed by atoms with Gasteiger partial charge in [0, 0.05) is 34.4 Å². The Hall–Kier alpha value is -3.98. The van der Waals surface area contributed by atoms with Crippen LogP contribution in [-0.2, 0) is 22.4 Å². The van der Waals surface area contributed by atoms with Gasteiger partial charge in [-0.2, -0.15) is 0 Å². The SMILES string of the molecule is Cc1cc(C)c2[n-]c3c(C)cc(C)cc3c2c1.Cc1cccc(C)c1[N+]1=C=[N+](c2c(C)cccc2C)c2ccccc21.[Au+]. The van der Waals surface area contributed by atoms with E-state index >= 15 is 0 Å². The Labute approximate surface area is 270 Å². The number of fused-ring (bicyclic) bond motifs is 4. The third-order valence-corrected chi connectivity index (χ3v) is 8.29. The molecule has 5 aromatic carbocycles. The summed E-state index contributed by atoms with van der Waals surface area (Å²) in [4.78, 5) is 4.80. The van der Waals surface area contributed by atoms with E-state index in [1.165, 1.54) is 78.0 Å². The summed E-state index contributed by atoms with van der Waals surface area (Å²) < 4.78 is 4.40. The van der Waals surface area contributed by atoms with Gasteiger partial charge in [0.25, 0.3) is 11.4 Å². The van der Waals surface area contributed by atoms with Crippen molar-refractivity contribution in [3.63, 3.8) is 0 Å². The van der Waals surface area contributed by atoms with Crippen LogP contribution in [0.4, 0.5) is 22.7 Å². The van der Waals surface area contributed by atoms with Crippen molar-refractivity contribution in [1.82, 2.24) is 14.1 Å². The van der Waals surface area contributed by atoms with E-state index in [9.17, 15) is 0 Å². The summed E-state index contributed by atoms with van der Waals surface area (Å²) in [6.45, 7) is 17.2. The van der Waals surface area contributed by atoms with E-state index in [4.69, 9.17) is 4.98 Å². The fourth-order valence-electron chi connectivity index (χ4n) is 6.45. The van der Waals surface area contributed by atoms with Crippen LogP contribution in [0.5, 0.6) is 0 Å². The van der Waals surface area contributed by atoms with Crippen molar-refractivity contribution in [2.24, 2.45) is 0 Å². The van der Waals surface area contributed by atoms with Crippen LogP contribution in [-0.4, -0.2) is 6.01 Å². The maximum atomic E-state index is 4.80. The molecule has 6 aromatic rings. The number of nitrogens with zero attached hydrogens (tertiary/aromatic N) is 3. The first-order valence-corrected chi connectivity index (χ1v) is 14.7. The summed E-state index contributed by atoms with van der Waals surface area (Å²) in [7, 11) is 0. The predicted octanol–water partition coefficient (Wildman–Crippen LogP) is 9.96. The van der Waals surface area contributed by atoms with Crippen molar-refractivity contribution >= 4 is 50.6 Å². The zero-order valence-corrected chi connectivity index (χ0v) is 28.4. The van der Waals surface area contributed by atoms with Crippen LogP contribution in [0.3, 0.4) is 0 Å². The molecule has 7 rings (SSSR count). The Bertz CT molecular complexity index is 1920. The molecule has 1 aliphatic heterocycles. The van der Waals surface area contributed by atoms with Crippen LogP contribution >= 0.6 is 0 Å². The van der Waals surface area contributed by atoms with Crippen LogP contribution < -0.4 is 14.1 Å². The van der Waals surface area contributed by atoms with Crippen molar-refractivity contribution in [2.75, 3.05) is 0 Å². The summed E-state index contributed by atoms with van der Waals surface area (Å²) >= 11 is 0. The number of hydrogen-bond donors (Lipinski definition) is 0. The van der Waals surface area contributed by atoms with Crippen LogP contribution in [0.25, 0.3) is 21.8 Å². The van der Waals surface area contributed by atoms with Gasteiger partial charge in [0.2, 0.25) is 11.4 Å².